The summed E-state index contributed by atoms with van der Waals surface area (Å²) >= 11 is 0. The maximum absolute atomic E-state index is 14.2. The predicted octanol–water partition coefficient (Wildman–Crippen LogP) is 5.22. The van der Waals surface area contributed by atoms with Gasteiger partial charge in [-0.3, -0.25) is 0 Å². The molecule has 1 unspecified atom stereocenters. The summed E-state index contributed by atoms with van der Waals surface area (Å²) < 4.78 is 56.8. The van der Waals surface area contributed by atoms with Crippen molar-refractivity contribution >= 4 is 17.6 Å². The number of allylic oxidation sites excluding steroid dienone is 1. The Morgan fingerprint density at radius 2 is 1.81 bits per heavy atom. The average Bonchev–Trinajstić information content (AvgIpc) is 3.17. The van der Waals surface area contributed by atoms with E-state index in [4.69, 9.17) is 5.41 Å². The number of nitrogens with one attached hydrogen (secondary N) is 2. The zero-order valence-electron chi connectivity index (χ0n) is 16.6. The maximum atomic E-state index is 14.2. The maximum Gasteiger partial charge on any atom is 0.425 e. The summed E-state index contributed by atoms with van der Waals surface area (Å²) in [5.41, 5.74) is -3.70. The molecule has 5 nitrogen and oxygen atoms in total. The normalized spacial score (nSPS) is 13.1. The minimum Gasteiger partial charge on any atom is -0.372 e. The Bertz CT molecular complexity index is 1190. The van der Waals surface area contributed by atoms with Crippen molar-refractivity contribution in [3.8, 4) is 6.07 Å². The zero-order valence-corrected chi connectivity index (χ0v) is 16.6. The Kier molecular flexibility index (Phi) is 6.18. The molecule has 3 aromatic rings. The van der Waals surface area contributed by atoms with Crippen LogP contribution >= 0.6 is 0 Å². The van der Waals surface area contributed by atoms with Crippen molar-refractivity contribution in [2.75, 3.05) is 5.32 Å². The molecular formula is C23H18F4N4O. The lowest BCUT2D eigenvalue weighted by atomic mass is 9.86. The molecule has 0 aliphatic rings. The van der Waals surface area contributed by atoms with Gasteiger partial charge in [0, 0.05) is 41.5 Å². The molecule has 1 heterocycles. The molecule has 0 aliphatic carbocycles. The molecule has 0 aliphatic heterocycles. The molecule has 32 heavy (non-hydrogen) atoms. The highest BCUT2D eigenvalue weighted by Gasteiger charge is 2.57. The van der Waals surface area contributed by atoms with Crippen molar-refractivity contribution < 1.29 is 22.7 Å². The van der Waals surface area contributed by atoms with Crippen molar-refractivity contribution in [1.29, 1.82) is 10.7 Å². The highest BCUT2D eigenvalue weighted by Crippen LogP contribution is 2.45. The number of nitriles is 1. The number of aliphatic hydroxyl groups is 1. The van der Waals surface area contributed by atoms with Gasteiger partial charge in [-0.05, 0) is 48.0 Å². The Labute approximate surface area is 181 Å². The molecule has 0 spiro atoms. The summed E-state index contributed by atoms with van der Waals surface area (Å²) in [7, 11) is 0. The Morgan fingerprint density at radius 3 is 2.38 bits per heavy atom. The summed E-state index contributed by atoms with van der Waals surface area (Å²) in [5.74, 6) is -0.450. The van der Waals surface area contributed by atoms with Crippen LogP contribution in [0.1, 0.15) is 22.4 Å². The first-order valence-corrected chi connectivity index (χ1v) is 9.32. The first kappa shape index (κ1) is 22.8. The molecule has 0 saturated carbocycles. The monoisotopic (exact) mass is 442 g/mol. The zero-order chi connectivity index (χ0) is 23.5. The van der Waals surface area contributed by atoms with Gasteiger partial charge in [0.15, 0.2) is 0 Å². The number of halogens is 4. The molecule has 3 N–H and O–H groups in total. The second-order valence-corrected chi connectivity index (χ2v) is 6.95. The lowest BCUT2D eigenvalue weighted by molar-refractivity contribution is -0.248. The van der Waals surface area contributed by atoms with Crippen molar-refractivity contribution in [2.45, 2.75) is 18.3 Å². The summed E-state index contributed by atoms with van der Waals surface area (Å²) in [6.45, 7) is 3.60. The molecule has 0 bridgehead atoms. The summed E-state index contributed by atoms with van der Waals surface area (Å²) in [6, 6.07) is 11.5. The van der Waals surface area contributed by atoms with E-state index in [0.717, 1.165) is 30.6 Å². The van der Waals surface area contributed by atoms with Crippen molar-refractivity contribution in [2.24, 2.45) is 0 Å². The molecule has 164 valence electrons. The Morgan fingerprint density at radius 1 is 1.12 bits per heavy atom. The lowest BCUT2D eigenvalue weighted by Gasteiger charge is -2.31. The van der Waals surface area contributed by atoms with Crippen LogP contribution in [-0.4, -0.2) is 22.1 Å². The summed E-state index contributed by atoms with van der Waals surface area (Å²) in [6.07, 6.45) is -1.80. The molecule has 2 aromatic carbocycles. The minimum atomic E-state index is -5.12. The number of hydrogen-bond acceptors (Lipinski definition) is 4. The van der Waals surface area contributed by atoms with Crippen LogP contribution in [0.2, 0.25) is 0 Å². The topological polar surface area (TPSA) is 84.8 Å². The number of nitrogens with zero attached hydrogens (tertiary/aromatic N) is 2. The second kappa shape index (κ2) is 8.69. The van der Waals surface area contributed by atoms with E-state index < -0.39 is 28.7 Å². The van der Waals surface area contributed by atoms with Crippen LogP contribution in [0, 0.1) is 22.6 Å². The van der Waals surface area contributed by atoms with Crippen LogP contribution in [0.4, 0.5) is 28.9 Å². The minimum absolute atomic E-state index is 0.0653. The number of aromatic nitrogens is 1. The standard InChI is InChI=1S/C23H18F4N4O/c1-2-9-31-14-17(11-20(31)13-29)22(32,23(25,26)27)16-3-8-21(15(10-16)12-28)30-19-6-4-18(24)5-7-19/h2-8,10-12,14,28,30,32H,1,9H2. The number of alkyl halides is 3. The number of benzene rings is 2. The predicted molar refractivity (Wildman–Crippen MR) is 112 cm³/mol. The lowest BCUT2D eigenvalue weighted by Crippen LogP contribution is -2.43. The third-order valence-corrected chi connectivity index (χ3v) is 4.91. The van der Waals surface area contributed by atoms with Gasteiger partial charge < -0.3 is 20.4 Å². The van der Waals surface area contributed by atoms with Gasteiger partial charge in [0.25, 0.3) is 0 Å². The fourth-order valence-corrected chi connectivity index (χ4v) is 3.29. The molecule has 0 saturated heterocycles. The van der Waals surface area contributed by atoms with Crippen molar-refractivity contribution in [1.82, 2.24) is 4.57 Å². The molecule has 9 heteroatoms. The van der Waals surface area contributed by atoms with Crippen molar-refractivity contribution in [3.05, 3.63) is 95.6 Å². The van der Waals surface area contributed by atoms with E-state index in [2.05, 4.69) is 11.9 Å². The van der Waals surface area contributed by atoms with Crippen LogP contribution in [0.3, 0.4) is 0 Å². The van der Waals surface area contributed by atoms with E-state index in [1.165, 1.54) is 41.0 Å². The quantitative estimate of drug-likeness (QED) is 0.266. The average molecular weight is 442 g/mol. The van der Waals surface area contributed by atoms with Gasteiger partial charge in [-0.25, -0.2) is 4.39 Å². The first-order valence-electron chi connectivity index (χ1n) is 9.32. The Balaban J connectivity index is 2.11. The van der Waals surface area contributed by atoms with E-state index in [0.29, 0.717) is 11.4 Å². The van der Waals surface area contributed by atoms with Gasteiger partial charge in [0.05, 0.1) is 0 Å². The number of hydrogen-bond donors (Lipinski definition) is 3. The molecular weight excluding hydrogens is 424 g/mol. The molecule has 0 radical (unpaired) electrons. The van der Waals surface area contributed by atoms with Crippen LogP contribution in [0.15, 0.2) is 67.4 Å². The molecule has 0 fully saturated rings. The van der Waals surface area contributed by atoms with E-state index in [1.807, 2.05) is 0 Å². The summed E-state index contributed by atoms with van der Waals surface area (Å²) in [5, 5.41) is 30.7. The van der Waals surface area contributed by atoms with Gasteiger partial charge in [-0.2, -0.15) is 18.4 Å². The molecule has 3 rings (SSSR count). The fraction of sp³-hybridized carbons (Fsp3) is 0.130. The van der Waals surface area contributed by atoms with Gasteiger partial charge in [-0.1, -0.05) is 12.1 Å². The van der Waals surface area contributed by atoms with Crippen LogP contribution in [-0.2, 0) is 12.1 Å². The Hall–Kier alpha value is -3.90. The molecule has 0 amide bonds. The van der Waals surface area contributed by atoms with Gasteiger partial charge in [0.1, 0.15) is 17.6 Å². The number of rotatable bonds is 7. The molecule has 1 aromatic heterocycles. The van der Waals surface area contributed by atoms with Crippen LogP contribution < -0.4 is 5.32 Å². The fourth-order valence-electron chi connectivity index (χ4n) is 3.29. The van der Waals surface area contributed by atoms with E-state index in [9.17, 15) is 27.9 Å². The van der Waals surface area contributed by atoms with Gasteiger partial charge in [0.2, 0.25) is 5.60 Å². The van der Waals surface area contributed by atoms with Gasteiger partial charge in [-0.15, -0.1) is 6.58 Å². The number of anilines is 2. The van der Waals surface area contributed by atoms with E-state index in [-0.39, 0.29) is 17.8 Å². The highest BCUT2D eigenvalue weighted by atomic mass is 19.4. The van der Waals surface area contributed by atoms with E-state index in [1.54, 1.807) is 6.07 Å². The third-order valence-electron chi connectivity index (χ3n) is 4.91. The van der Waals surface area contributed by atoms with Crippen molar-refractivity contribution in [3.63, 3.8) is 0 Å². The second-order valence-electron chi connectivity index (χ2n) is 6.95. The van der Waals surface area contributed by atoms with Crippen LogP contribution in [0.5, 0.6) is 0 Å². The highest BCUT2D eigenvalue weighted by molar-refractivity contribution is 5.88. The molecule has 1 atom stereocenters. The van der Waals surface area contributed by atoms with Gasteiger partial charge >= 0.3 is 6.18 Å². The largest absolute Gasteiger partial charge is 0.425 e. The SMILES string of the molecule is C=CCn1cc(C(O)(c2ccc(Nc3ccc(F)cc3)c(C=N)c2)C(F)(F)F)cc1C#N. The van der Waals surface area contributed by atoms with E-state index >= 15 is 0 Å². The van der Waals surface area contributed by atoms with Crippen LogP contribution in [0.25, 0.3) is 0 Å². The smallest absolute Gasteiger partial charge is 0.372 e. The first-order chi connectivity index (χ1) is 15.1. The summed E-state index contributed by atoms with van der Waals surface area (Å²) in [4.78, 5) is 0. The third kappa shape index (κ3) is 4.13.